The molecule has 2 N–H and O–H groups in total. The Hall–Kier alpha value is -1.92. The van der Waals surface area contributed by atoms with E-state index in [-0.39, 0.29) is 29.1 Å². The Kier molecular flexibility index (Phi) is 6.88. The lowest BCUT2D eigenvalue weighted by atomic mass is 9.68. The molecule has 6 heteroatoms. The van der Waals surface area contributed by atoms with Crippen LogP contribution in [-0.4, -0.2) is 39.2 Å². The van der Waals surface area contributed by atoms with Gasteiger partial charge in [0.25, 0.3) is 0 Å². The van der Waals surface area contributed by atoms with Crippen molar-refractivity contribution in [2.45, 2.75) is 84.0 Å². The zero-order chi connectivity index (χ0) is 21.1. The number of carboxylic acid groups (broad SMARTS) is 1. The Morgan fingerprint density at radius 2 is 1.86 bits per heavy atom. The van der Waals surface area contributed by atoms with Gasteiger partial charge in [-0.3, -0.25) is 9.63 Å². The highest BCUT2D eigenvalue weighted by atomic mass is 16.7. The molecule has 2 rings (SSSR count). The van der Waals surface area contributed by atoms with Crippen LogP contribution in [0.2, 0.25) is 0 Å². The van der Waals surface area contributed by atoms with Gasteiger partial charge in [-0.2, -0.15) is 5.06 Å². The van der Waals surface area contributed by atoms with Crippen LogP contribution < -0.4 is 5.32 Å². The summed E-state index contributed by atoms with van der Waals surface area (Å²) in [6, 6.07) is 9.88. The molecule has 1 fully saturated rings. The molecule has 1 aromatic rings. The van der Waals surface area contributed by atoms with Crippen molar-refractivity contribution >= 4 is 11.9 Å². The van der Waals surface area contributed by atoms with Crippen molar-refractivity contribution in [2.24, 2.45) is 5.92 Å². The number of piperidine rings is 1. The quantitative estimate of drug-likeness (QED) is 0.720. The molecule has 1 saturated heterocycles. The maximum absolute atomic E-state index is 11.8. The Morgan fingerprint density at radius 3 is 2.36 bits per heavy atom. The molecule has 1 aliphatic heterocycles. The van der Waals surface area contributed by atoms with Crippen molar-refractivity contribution < 1.29 is 19.5 Å². The summed E-state index contributed by atoms with van der Waals surface area (Å²) in [7, 11) is 0. The fourth-order valence-electron chi connectivity index (χ4n) is 4.32. The van der Waals surface area contributed by atoms with Crippen molar-refractivity contribution in [2.75, 3.05) is 0 Å². The Labute approximate surface area is 168 Å². The fourth-order valence-corrected chi connectivity index (χ4v) is 4.32. The van der Waals surface area contributed by atoms with Crippen molar-refractivity contribution in [3.05, 3.63) is 35.9 Å². The topological polar surface area (TPSA) is 78.9 Å². The number of carbonyl (C=O) groups is 2. The lowest BCUT2D eigenvalue weighted by Crippen LogP contribution is -2.70. The van der Waals surface area contributed by atoms with Gasteiger partial charge in [0.15, 0.2) is 0 Å². The van der Waals surface area contributed by atoms with E-state index in [0.717, 1.165) is 18.4 Å². The summed E-state index contributed by atoms with van der Waals surface area (Å²) in [5.74, 6) is -2.37. The van der Waals surface area contributed by atoms with Crippen LogP contribution >= 0.6 is 0 Å². The third kappa shape index (κ3) is 4.23. The molecular weight excluding hydrogens is 356 g/mol. The zero-order valence-corrected chi connectivity index (χ0v) is 17.9. The van der Waals surface area contributed by atoms with Gasteiger partial charge in [0, 0.05) is 17.1 Å². The van der Waals surface area contributed by atoms with Crippen LogP contribution in [0.1, 0.15) is 72.5 Å². The summed E-state index contributed by atoms with van der Waals surface area (Å²) in [4.78, 5) is 29.5. The van der Waals surface area contributed by atoms with Gasteiger partial charge in [0.05, 0.1) is 0 Å². The van der Waals surface area contributed by atoms with Gasteiger partial charge in [-0.25, -0.2) is 4.79 Å². The van der Waals surface area contributed by atoms with Crippen molar-refractivity contribution in [3.8, 4) is 0 Å². The Bertz CT molecular complexity index is 695. The molecule has 28 heavy (non-hydrogen) atoms. The summed E-state index contributed by atoms with van der Waals surface area (Å²) in [5.41, 5.74) is 0.410. The number of rotatable bonds is 6. The number of carbonyl (C=O) groups excluding carboxylic acids is 1. The molecule has 0 bridgehead atoms. The van der Waals surface area contributed by atoms with Crippen LogP contribution in [0.15, 0.2) is 30.3 Å². The van der Waals surface area contributed by atoms with Crippen molar-refractivity contribution in [1.82, 2.24) is 10.4 Å². The number of benzene rings is 1. The second kappa shape index (κ2) is 8.62. The minimum Gasteiger partial charge on any atom is -0.474 e. The minimum atomic E-state index is -1.44. The van der Waals surface area contributed by atoms with Crippen molar-refractivity contribution in [1.29, 1.82) is 0 Å². The van der Waals surface area contributed by atoms with E-state index in [9.17, 15) is 9.59 Å². The second-order valence-corrected chi connectivity index (χ2v) is 8.39. The first-order valence-corrected chi connectivity index (χ1v) is 10.1. The van der Waals surface area contributed by atoms with Crippen LogP contribution in [0, 0.1) is 5.92 Å². The highest BCUT2D eigenvalue weighted by Gasteiger charge is 2.54. The van der Waals surface area contributed by atoms with Gasteiger partial charge in [0.1, 0.15) is 6.10 Å². The summed E-state index contributed by atoms with van der Waals surface area (Å²) >= 11 is 0. The molecule has 0 spiro atoms. The lowest BCUT2D eigenvalue weighted by molar-refractivity contribution is -0.327. The minimum absolute atomic E-state index is 0.0170. The zero-order valence-electron chi connectivity index (χ0n) is 17.9. The first-order valence-electron chi connectivity index (χ1n) is 10.1. The van der Waals surface area contributed by atoms with Crippen LogP contribution in [0.3, 0.4) is 0 Å². The molecule has 1 amide bonds. The van der Waals surface area contributed by atoms with Gasteiger partial charge in [0.2, 0.25) is 0 Å². The highest BCUT2D eigenvalue weighted by Crippen LogP contribution is 2.47. The predicted molar refractivity (Wildman–Crippen MR) is 109 cm³/mol. The molecule has 1 heterocycles. The maximum atomic E-state index is 11.8. The first-order chi connectivity index (χ1) is 13.1. The number of nitrogens with zero attached hydrogens (tertiary/aromatic N) is 1. The average Bonchev–Trinajstić information content (AvgIpc) is 2.69. The lowest BCUT2D eigenvalue weighted by Gasteiger charge is -2.60. The molecule has 0 aromatic heterocycles. The number of amides is 1. The number of hydrogen-bond acceptors (Lipinski definition) is 4. The molecule has 0 aliphatic carbocycles. The molecule has 5 unspecified atom stereocenters. The fraction of sp³-hybridized carbons (Fsp3) is 0.636. The largest absolute Gasteiger partial charge is 0.474 e. The van der Waals surface area contributed by atoms with Crippen LogP contribution in [0.4, 0.5) is 0 Å². The number of hydrogen-bond donors (Lipinski definition) is 2. The molecule has 0 radical (unpaired) electrons. The SMILES string of the molecule is CCC1(C)CC(NC(=O)C(=O)O)C(C)C(C)(CC)N1OC(C)c1ccccc1. The van der Waals surface area contributed by atoms with E-state index in [2.05, 4.69) is 57.1 Å². The smallest absolute Gasteiger partial charge is 0.394 e. The molecule has 0 saturated carbocycles. The summed E-state index contributed by atoms with van der Waals surface area (Å²) in [6.07, 6.45) is 2.14. The second-order valence-electron chi connectivity index (χ2n) is 8.39. The standard InChI is InChI=1S/C22H34N2O4/c1-7-21(5)14-18(23-19(25)20(26)27)15(3)22(6,8-2)24(21)28-16(4)17-12-10-9-11-13-17/h9-13,15-16,18H,7-8,14H2,1-6H3,(H,23,25)(H,26,27). The monoisotopic (exact) mass is 390 g/mol. The molecule has 6 nitrogen and oxygen atoms in total. The van der Waals surface area contributed by atoms with E-state index in [4.69, 9.17) is 9.94 Å². The number of nitrogens with one attached hydrogen (secondary N) is 1. The van der Waals surface area contributed by atoms with E-state index >= 15 is 0 Å². The van der Waals surface area contributed by atoms with Crippen LogP contribution in [-0.2, 0) is 14.4 Å². The van der Waals surface area contributed by atoms with Gasteiger partial charge in [-0.05, 0) is 51.5 Å². The normalized spacial score (nSPS) is 31.9. The van der Waals surface area contributed by atoms with Crippen molar-refractivity contribution in [3.63, 3.8) is 0 Å². The summed E-state index contributed by atoms with van der Waals surface area (Å²) in [6.45, 7) is 12.6. The number of hydroxylamine groups is 2. The van der Waals surface area contributed by atoms with Gasteiger partial charge in [-0.15, -0.1) is 0 Å². The molecule has 1 aliphatic rings. The van der Waals surface area contributed by atoms with Crippen LogP contribution in [0.25, 0.3) is 0 Å². The third-order valence-electron chi connectivity index (χ3n) is 6.72. The third-order valence-corrected chi connectivity index (χ3v) is 6.72. The highest BCUT2D eigenvalue weighted by molar-refractivity contribution is 6.31. The van der Waals surface area contributed by atoms with Gasteiger partial charge in [-0.1, -0.05) is 51.1 Å². The number of aliphatic carboxylic acids is 1. The van der Waals surface area contributed by atoms with E-state index in [0.29, 0.717) is 6.42 Å². The molecule has 1 aromatic carbocycles. The van der Waals surface area contributed by atoms with Crippen LogP contribution in [0.5, 0.6) is 0 Å². The first kappa shape index (κ1) is 22.4. The summed E-state index contributed by atoms with van der Waals surface area (Å²) in [5, 5.41) is 13.9. The van der Waals surface area contributed by atoms with E-state index in [1.165, 1.54) is 0 Å². The van der Waals surface area contributed by atoms with Gasteiger partial charge >= 0.3 is 11.9 Å². The average molecular weight is 391 g/mol. The Morgan fingerprint density at radius 1 is 1.25 bits per heavy atom. The van der Waals surface area contributed by atoms with Gasteiger partial charge < -0.3 is 10.4 Å². The van der Waals surface area contributed by atoms with E-state index in [1.807, 2.05) is 25.1 Å². The maximum Gasteiger partial charge on any atom is 0.394 e. The Balaban J connectivity index is 2.35. The predicted octanol–water partition coefficient (Wildman–Crippen LogP) is 3.93. The molecule has 156 valence electrons. The molecule has 5 atom stereocenters. The van der Waals surface area contributed by atoms with E-state index < -0.39 is 11.9 Å². The summed E-state index contributed by atoms with van der Waals surface area (Å²) < 4.78 is 0. The molecular formula is C22H34N2O4. The van der Waals surface area contributed by atoms with E-state index in [1.54, 1.807) is 0 Å². The number of carboxylic acids is 1.